The molecule has 17 heavy (non-hydrogen) atoms. The molecule has 0 radical (unpaired) electrons. The van der Waals surface area contributed by atoms with Gasteiger partial charge in [-0.3, -0.25) is 0 Å². The van der Waals surface area contributed by atoms with Crippen molar-refractivity contribution in [3.05, 3.63) is 42.1 Å². The first kappa shape index (κ1) is 11.5. The number of rotatable bonds is 4. The summed E-state index contributed by atoms with van der Waals surface area (Å²) in [4.78, 5) is 8.77. The van der Waals surface area contributed by atoms with Gasteiger partial charge in [0, 0.05) is 31.2 Å². The molecule has 0 aliphatic rings. The first-order chi connectivity index (χ1) is 8.16. The smallest absolute Gasteiger partial charge is 0.127 e. The van der Waals surface area contributed by atoms with Crippen molar-refractivity contribution >= 4 is 23.0 Å². The third-order valence-electron chi connectivity index (χ3n) is 2.39. The topological polar surface area (TPSA) is 68.8 Å². The van der Waals surface area contributed by atoms with E-state index in [2.05, 4.69) is 15.3 Å². The summed E-state index contributed by atoms with van der Waals surface area (Å²) in [5.74, 6) is 1.67. The Balaban J connectivity index is 2.07. The summed E-state index contributed by atoms with van der Waals surface area (Å²) in [7, 11) is 1.95. The van der Waals surface area contributed by atoms with E-state index in [1.807, 2.05) is 23.9 Å². The monoisotopic (exact) mass is 247 g/mol. The maximum Gasteiger partial charge on any atom is 0.127 e. The van der Waals surface area contributed by atoms with Crippen molar-refractivity contribution in [3.8, 4) is 0 Å². The maximum absolute atomic E-state index is 5.56. The lowest BCUT2D eigenvalue weighted by Gasteiger charge is -2.06. The summed E-state index contributed by atoms with van der Waals surface area (Å²) in [6.45, 7) is 0.608. The molecule has 0 spiro atoms. The minimum atomic E-state index is 0.368. The standard InChI is InChI=1S/C11H13N5S/c1-16-5-4-14-10(16)7-15-9-6-8(11(12)17)2-3-13-9/h2-6H,7H2,1H3,(H2,12,17)(H,13,15). The van der Waals surface area contributed by atoms with Gasteiger partial charge < -0.3 is 15.6 Å². The van der Waals surface area contributed by atoms with Gasteiger partial charge in [0.1, 0.15) is 16.6 Å². The lowest BCUT2D eigenvalue weighted by molar-refractivity contribution is 0.811. The zero-order valence-corrected chi connectivity index (χ0v) is 10.2. The number of aromatic nitrogens is 3. The van der Waals surface area contributed by atoms with E-state index in [1.54, 1.807) is 18.5 Å². The number of hydrogen-bond acceptors (Lipinski definition) is 4. The lowest BCUT2D eigenvalue weighted by atomic mass is 10.2. The summed E-state index contributed by atoms with van der Waals surface area (Å²) in [5.41, 5.74) is 6.36. The lowest BCUT2D eigenvalue weighted by Crippen LogP contribution is -2.11. The highest BCUT2D eigenvalue weighted by Crippen LogP contribution is 2.08. The van der Waals surface area contributed by atoms with E-state index >= 15 is 0 Å². The number of nitrogens with zero attached hydrogens (tertiary/aromatic N) is 3. The molecule has 2 heterocycles. The fourth-order valence-corrected chi connectivity index (χ4v) is 1.54. The molecule has 0 fully saturated rings. The number of nitrogens with two attached hydrogens (primary N) is 1. The number of anilines is 1. The van der Waals surface area contributed by atoms with Crippen molar-refractivity contribution in [2.45, 2.75) is 6.54 Å². The van der Waals surface area contributed by atoms with E-state index in [0.717, 1.165) is 17.2 Å². The molecule has 0 bridgehead atoms. The molecule has 0 unspecified atom stereocenters. The normalized spacial score (nSPS) is 10.2. The molecule has 88 valence electrons. The molecular formula is C11H13N5S. The molecule has 2 aromatic rings. The Labute approximate surface area is 105 Å². The molecule has 0 aromatic carbocycles. The van der Waals surface area contributed by atoms with E-state index in [4.69, 9.17) is 18.0 Å². The van der Waals surface area contributed by atoms with Gasteiger partial charge in [-0.05, 0) is 12.1 Å². The van der Waals surface area contributed by atoms with Crippen molar-refractivity contribution in [2.24, 2.45) is 12.8 Å². The third-order valence-corrected chi connectivity index (χ3v) is 2.63. The van der Waals surface area contributed by atoms with Gasteiger partial charge in [-0.15, -0.1) is 0 Å². The van der Waals surface area contributed by atoms with E-state index in [9.17, 15) is 0 Å². The SMILES string of the molecule is Cn1ccnc1CNc1cc(C(N)=S)ccn1. The van der Waals surface area contributed by atoms with Gasteiger partial charge in [-0.25, -0.2) is 9.97 Å². The Kier molecular flexibility index (Phi) is 3.34. The molecule has 3 N–H and O–H groups in total. The van der Waals surface area contributed by atoms with Crippen molar-refractivity contribution in [1.82, 2.24) is 14.5 Å². The number of thiocarbonyl (C=S) groups is 1. The van der Waals surface area contributed by atoms with Gasteiger partial charge in [0.15, 0.2) is 0 Å². The minimum absolute atomic E-state index is 0.368. The zero-order chi connectivity index (χ0) is 12.3. The number of aryl methyl sites for hydroxylation is 1. The quantitative estimate of drug-likeness (QED) is 0.791. The first-order valence-corrected chi connectivity index (χ1v) is 5.53. The van der Waals surface area contributed by atoms with Gasteiger partial charge in [0.05, 0.1) is 6.54 Å². The number of imidazole rings is 1. The van der Waals surface area contributed by atoms with Crippen LogP contribution in [0.1, 0.15) is 11.4 Å². The van der Waals surface area contributed by atoms with Gasteiger partial charge in [-0.1, -0.05) is 12.2 Å². The molecule has 2 aromatic heterocycles. The molecule has 0 saturated heterocycles. The molecule has 2 rings (SSSR count). The second-order valence-electron chi connectivity index (χ2n) is 3.60. The van der Waals surface area contributed by atoms with Crippen LogP contribution in [0.3, 0.4) is 0 Å². The van der Waals surface area contributed by atoms with E-state index < -0.39 is 0 Å². The molecule has 5 nitrogen and oxygen atoms in total. The Hall–Kier alpha value is -1.95. The molecule has 0 aliphatic heterocycles. The fraction of sp³-hybridized carbons (Fsp3) is 0.182. The molecule has 0 amide bonds. The van der Waals surface area contributed by atoms with Crippen LogP contribution in [-0.2, 0) is 13.6 Å². The number of hydrogen-bond donors (Lipinski definition) is 2. The van der Waals surface area contributed by atoms with E-state index in [0.29, 0.717) is 11.5 Å². The van der Waals surface area contributed by atoms with Crippen molar-refractivity contribution in [1.29, 1.82) is 0 Å². The zero-order valence-electron chi connectivity index (χ0n) is 9.42. The van der Waals surface area contributed by atoms with Crippen LogP contribution in [0.5, 0.6) is 0 Å². The largest absolute Gasteiger partial charge is 0.389 e. The average molecular weight is 247 g/mol. The maximum atomic E-state index is 5.56. The van der Waals surface area contributed by atoms with Crippen LogP contribution >= 0.6 is 12.2 Å². The Morgan fingerprint density at radius 3 is 2.94 bits per heavy atom. The Bertz CT molecular complexity index is 534. The van der Waals surface area contributed by atoms with Crippen LogP contribution in [0.4, 0.5) is 5.82 Å². The molecule has 0 aliphatic carbocycles. The number of nitrogens with one attached hydrogen (secondary N) is 1. The summed E-state index contributed by atoms with van der Waals surface area (Å²) in [6.07, 6.45) is 5.33. The third kappa shape index (κ3) is 2.79. The second kappa shape index (κ2) is 4.92. The number of pyridine rings is 1. The van der Waals surface area contributed by atoms with Crippen LogP contribution in [0.2, 0.25) is 0 Å². The molecule has 6 heteroatoms. The van der Waals surface area contributed by atoms with Gasteiger partial charge >= 0.3 is 0 Å². The first-order valence-electron chi connectivity index (χ1n) is 5.13. The summed E-state index contributed by atoms with van der Waals surface area (Å²) >= 11 is 4.91. The van der Waals surface area contributed by atoms with Gasteiger partial charge in [0.2, 0.25) is 0 Å². The highest BCUT2D eigenvalue weighted by molar-refractivity contribution is 7.80. The molecule has 0 atom stereocenters. The van der Waals surface area contributed by atoms with E-state index in [-0.39, 0.29) is 0 Å². The van der Waals surface area contributed by atoms with Crippen LogP contribution < -0.4 is 11.1 Å². The highest BCUT2D eigenvalue weighted by Gasteiger charge is 2.01. The fourth-order valence-electron chi connectivity index (χ4n) is 1.42. The second-order valence-corrected chi connectivity index (χ2v) is 4.04. The van der Waals surface area contributed by atoms with Crippen molar-refractivity contribution < 1.29 is 0 Å². The Morgan fingerprint density at radius 2 is 2.29 bits per heavy atom. The predicted molar refractivity (Wildman–Crippen MR) is 70.7 cm³/mol. The minimum Gasteiger partial charge on any atom is -0.389 e. The van der Waals surface area contributed by atoms with Crippen LogP contribution in [0, 0.1) is 0 Å². The highest BCUT2D eigenvalue weighted by atomic mass is 32.1. The molecule has 0 saturated carbocycles. The van der Waals surface area contributed by atoms with Crippen LogP contribution in [0.15, 0.2) is 30.7 Å². The van der Waals surface area contributed by atoms with Crippen molar-refractivity contribution in [3.63, 3.8) is 0 Å². The predicted octanol–water partition coefficient (Wildman–Crippen LogP) is 1.06. The summed E-state index contributed by atoms with van der Waals surface area (Å²) in [5, 5.41) is 3.17. The average Bonchev–Trinajstić information content (AvgIpc) is 2.72. The van der Waals surface area contributed by atoms with Crippen LogP contribution in [0.25, 0.3) is 0 Å². The summed E-state index contributed by atoms with van der Waals surface area (Å²) < 4.78 is 1.95. The van der Waals surface area contributed by atoms with Gasteiger partial charge in [0.25, 0.3) is 0 Å². The van der Waals surface area contributed by atoms with E-state index in [1.165, 1.54) is 0 Å². The van der Waals surface area contributed by atoms with Gasteiger partial charge in [-0.2, -0.15) is 0 Å². The summed E-state index contributed by atoms with van der Waals surface area (Å²) in [6, 6.07) is 3.61. The Morgan fingerprint density at radius 1 is 1.47 bits per heavy atom. The van der Waals surface area contributed by atoms with Crippen LogP contribution in [-0.4, -0.2) is 19.5 Å². The van der Waals surface area contributed by atoms with Crippen molar-refractivity contribution in [2.75, 3.05) is 5.32 Å². The molecular weight excluding hydrogens is 234 g/mol.